The van der Waals surface area contributed by atoms with Crippen LogP contribution in [0.5, 0.6) is 11.5 Å². The van der Waals surface area contributed by atoms with E-state index in [4.69, 9.17) is 10.5 Å². The third-order valence-electron chi connectivity index (χ3n) is 4.19. The highest BCUT2D eigenvalue weighted by Gasteiger charge is 2.15. The third kappa shape index (κ3) is 3.18. The molecule has 0 radical (unpaired) electrons. The second-order valence-corrected chi connectivity index (χ2v) is 7.18. The van der Waals surface area contributed by atoms with E-state index in [0.717, 1.165) is 5.56 Å². The molecule has 2 heterocycles. The molecule has 0 saturated carbocycles. The maximum Gasteiger partial charge on any atom is 0.298 e. The number of ether oxygens (including phenoxy) is 1. The van der Waals surface area contributed by atoms with Crippen molar-refractivity contribution in [1.29, 1.82) is 0 Å². The monoisotopic (exact) mass is 379 g/mol. The topological polar surface area (TPSA) is 90.4 Å². The molecule has 0 aliphatic rings. The molecule has 0 amide bonds. The third-order valence-corrected chi connectivity index (χ3v) is 5.19. The van der Waals surface area contributed by atoms with Crippen LogP contribution >= 0.6 is 11.3 Å². The summed E-state index contributed by atoms with van der Waals surface area (Å²) in [4.78, 5) is 18.2. The van der Waals surface area contributed by atoms with Gasteiger partial charge in [-0.05, 0) is 36.8 Å². The maximum absolute atomic E-state index is 12.7. The van der Waals surface area contributed by atoms with Crippen LogP contribution in [0, 0.1) is 6.92 Å². The number of nitrogens with zero attached hydrogens (tertiary/aromatic N) is 2. The number of benzene rings is 2. The summed E-state index contributed by atoms with van der Waals surface area (Å²) >= 11 is 1.31. The molecule has 0 aliphatic carbocycles. The predicted molar refractivity (Wildman–Crippen MR) is 107 cm³/mol. The smallest absolute Gasteiger partial charge is 0.298 e. The van der Waals surface area contributed by atoms with Gasteiger partial charge in [-0.25, -0.2) is 4.98 Å². The van der Waals surface area contributed by atoms with Crippen molar-refractivity contribution >= 4 is 27.5 Å². The van der Waals surface area contributed by atoms with Gasteiger partial charge >= 0.3 is 0 Å². The molecule has 136 valence electrons. The van der Waals surface area contributed by atoms with Crippen molar-refractivity contribution in [3.05, 3.63) is 75.4 Å². The van der Waals surface area contributed by atoms with E-state index in [-0.39, 0.29) is 12.4 Å². The lowest BCUT2D eigenvalue weighted by Gasteiger charge is -2.13. The summed E-state index contributed by atoms with van der Waals surface area (Å²) in [6.07, 6.45) is 0. The van der Waals surface area contributed by atoms with Crippen molar-refractivity contribution < 1.29 is 9.84 Å². The molecular weight excluding hydrogens is 362 g/mol. The van der Waals surface area contributed by atoms with E-state index >= 15 is 0 Å². The molecule has 7 heteroatoms. The fourth-order valence-corrected chi connectivity index (χ4v) is 3.71. The Morgan fingerprint density at radius 3 is 2.70 bits per heavy atom. The van der Waals surface area contributed by atoms with Crippen LogP contribution in [0.2, 0.25) is 0 Å². The number of rotatable bonds is 4. The van der Waals surface area contributed by atoms with Gasteiger partial charge in [0, 0.05) is 10.9 Å². The minimum absolute atomic E-state index is 0.0834. The van der Waals surface area contributed by atoms with E-state index in [0.29, 0.717) is 32.4 Å². The van der Waals surface area contributed by atoms with E-state index in [1.807, 2.05) is 49.4 Å². The summed E-state index contributed by atoms with van der Waals surface area (Å²) in [5.41, 5.74) is 7.60. The lowest BCUT2D eigenvalue weighted by molar-refractivity contribution is 0.285. The van der Waals surface area contributed by atoms with Crippen molar-refractivity contribution in [1.82, 2.24) is 9.55 Å². The Kier molecular flexibility index (Phi) is 4.39. The Labute approximate surface area is 159 Å². The first kappa shape index (κ1) is 17.3. The van der Waals surface area contributed by atoms with Gasteiger partial charge in [-0.3, -0.25) is 9.36 Å². The highest BCUT2D eigenvalue weighted by Crippen LogP contribution is 2.30. The Hall–Kier alpha value is -3.16. The fraction of sp³-hybridized carbons (Fsp3) is 0.100. The fourth-order valence-electron chi connectivity index (χ4n) is 2.83. The molecule has 0 aliphatic heterocycles. The van der Waals surface area contributed by atoms with E-state index in [2.05, 4.69) is 4.98 Å². The summed E-state index contributed by atoms with van der Waals surface area (Å²) in [7, 11) is 0. The summed E-state index contributed by atoms with van der Waals surface area (Å²) in [5.74, 6) is 1.27. The Bertz CT molecular complexity index is 1180. The summed E-state index contributed by atoms with van der Waals surface area (Å²) < 4.78 is 7.48. The molecule has 4 aromatic rings. The maximum atomic E-state index is 12.7. The summed E-state index contributed by atoms with van der Waals surface area (Å²) in [6, 6.07) is 16.7. The molecule has 0 spiro atoms. The highest BCUT2D eigenvalue weighted by molar-refractivity contribution is 7.18. The van der Waals surface area contributed by atoms with Gasteiger partial charge in [0.05, 0.1) is 17.8 Å². The van der Waals surface area contributed by atoms with E-state index in [1.165, 1.54) is 15.9 Å². The number of nitrogens with two attached hydrogens (primary N) is 1. The van der Waals surface area contributed by atoms with Crippen LogP contribution in [-0.4, -0.2) is 14.7 Å². The molecule has 2 aromatic carbocycles. The molecule has 4 rings (SSSR count). The van der Waals surface area contributed by atoms with Crippen LogP contribution < -0.4 is 16.0 Å². The van der Waals surface area contributed by atoms with Gasteiger partial charge in [0.1, 0.15) is 16.3 Å². The van der Waals surface area contributed by atoms with Gasteiger partial charge in [-0.2, -0.15) is 0 Å². The van der Waals surface area contributed by atoms with Gasteiger partial charge in [0.25, 0.3) is 5.56 Å². The zero-order chi connectivity index (χ0) is 19.0. The molecule has 6 nitrogen and oxygen atoms in total. The first-order valence-corrected chi connectivity index (χ1v) is 9.14. The second kappa shape index (κ2) is 6.86. The molecular formula is C20H17N3O3S. The first-order valence-electron chi connectivity index (χ1n) is 8.32. The van der Waals surface area contributed by atoms with E-state index in [9.17, 15) is 9.90 Å². The standard InChI is InChI=1S/C20H17N3O3S/c1-12-7-8-13(9-17(12)26-14-5-3-2-4-6-14)23-16-10-15(11-24)27-19(16)22-18(21)20(23)25/h2-10,24H,11H2,1H3,(H2,21,22). The van der Waals surface area contributed by atoms with Gasteiger partial charge in [0.2, 0.25) is 0 Å². The first-order chi connectivity index (χ1) is 13.1. The number of hydrogen-bond donors (Lipinski definition) is 2. The molecule has 0 saturated heterocycles. The quantitative estimate of drug-likeness (QED) is 0.565. The Morgan fingerprint density at radius 2 is 1.96 bits per heavy atom. The van der Waals surface area contributed by atoms with Gasteiger partial charge in [-0.1, -0.05) is 24.3 Å². The number of aliphatic hydroxyl groups is 1. The average Bonchev–Trinajstić information content (AvgIpc) is 3.08. The Balaban J connectivity index is 1.89. The zero-order valence-electron chi connectivity index (χ0n) is 14.5. The minimum atomic E-state index is -0.403. The molecule has 3 N–H and O–H groups in total. The minimum Gasteiger partial charge on any atom is -0.457 e. The number of thiophene rings is 1. The molecule has 0 fully saturated rings. The average molecular weight is 379 g/mol. The molecule has 0 bridgehead atoms. The largest absolute Gasteiger partial charge is 0.457 e. The molecule has 0 unspecified atom stereocenters. The molecule has 0 atom stereocenters. The van der Waals surface area contributed by atoms with Crippen molar-refractivity contribution in [3.63, 3.8) is 0 Å². The number of nitrogen functional groups attached to an aromatic ring is 1. The van der Waals surface area contributed by atoms with Crippen molar-refractivity contribution in [2.75, 3.05) is 5.73 Å². The number of fused-ring (bicyclic) bond motifs is 1. The van der Waals surface area contributed by atoms with Crippen LogP contribution in [0.3, 0.4) is 0 Å². The summed E-state index contributed by atoms with van der Waals surface area (Å²) in [6.45, 7) is 1.82. The van der Waals surface area contributed by atoms with Crippen molar-refractivity contribution in [3.8, 4) is 17.2 Å². The van der Waals surface area contributed by atoms with Gasteiger partial charge in [-0.15, -0.1) is 11.3 Å². The SMILES string of the molecule is Cc1ccc(-n2c(=O)c(N)nc3sc(CO)cc32)cc1Oc1ccccc1. The lowest BCUT2D eigenvalue weighted by atomic mass is 10.2. The Morgan fingerprint density at radius 1 is 1.19 bits per heavy atom. The lowest BCUT2D eigenvalue weighted by Crippen LogP contribution is -2.22. The van der Waals surface area contributed by atoms with Crippen molar-refractivity contribution in [2.24, 2.45) is 0 Å². The second-order valence-electron chi connectivity index (χ2n) is 6.06. The highest BCUT2D eigenvalue weighted by atomic mass is 32.1. The number of para-hydroxylation sites is 1. The number of anilines is 1. The molecule has 2 aromatic heterocycles. The van der Waals surface area contributed by atoms with E-state index in [1.54, 1.807) is 12.1 Å². The van der Waals surface area contributed by atoms with E-state index < -0.39 is 5.56 Å². The summed E-state index contributed by atoms with van der Waals surface area (Å²) in [5, 5.41) is 9.43. The number of hydrogen-bond acceptors (Lipinski definition) is 6. The zero-order valence-corrected chi connectivity index (χ0v) is 15.4. The van der Waals surface area contributed by atoms with Crippen LogP contribution in [0.1, 0.15) is 10.4 Å². The van der Waals surface area contributed by atoms with Gasteiger partial charge in [0.15, 0.2) is 5.82 Å². The van der Waals surface area contributed by atoms with Gasteiger partial charge < -0.3 is 15.6 Å². The van der Waals surface area contributed by atoms with Crippen LogP contribution in [0.4, 0.5) is 5.82 Å². The predicted octanol–water partition coefficient (Wildman–Crippen LogP) is 3.62. The normalized spacial score (nSPS) is 11.0. The van der Waals surface area contributed by atoms with Crippen LogP contribution in [0.25, 0.3) is 16.0 Å². The number of aliphatic hydroxyl groups excluding tert-OH is 1. The van der Waals surface area contributed by atoms with Crippen molar-refractivity contribution in [2.45, 2.75) is 13.5 Å². The number of aromatic nitrogens is 2. The number of aryl methyl sites for hydroxylation is 1. The molecule has 27 heavy (non-hydrogen) atoms. The van der Waals surface area contributed by atoms with Crippen LogP contribution in [-0.2, 0) is 6.61 Å². The van der Waals surface area contributed by atoms with Crippen LogP contribution in [0.15, 0.2) is 59.4 Å².